The summed E-state index contributed by atoms with van der Waals surface area (Å²) in [5.74, 6) is -1.27. The van der Waals surface area contributed by atoms with Gasteiger partial charge in [-0.3, -0.25) is 4.79 Å². The minimum absolute atomic E-state index is 0.138. The Kier molecular flexibility index (Phi) is 5.24. The van der Waals surface area contributed by atoms with Crippen LogP contribution in [0.4, 0.5) is 4.79 Å². The maximum atomic E-state index is 12.5. The monoisotopic (exact) mass is 373 g/mol. The normalized spacial score (nSPS) is 31.6. The van der Waals surface area contributed by atoms with E-state index >= 15 is 0 Å². The van der Waals surface area contributed by atoms with E-state index in [4.69, 9.17) is 0 Å². The first kappa shape index (κ1) is 18.4. The summed E-state index contributed by atoms with van der Waals surface area (Å²) in [7, 11) is -3.22. The molecule has 9 heteroatoms. The van der Waals surface area contributed by atoms with E-state index in [0.717, 1.165) is 25.7 Å². The molecule has 3 aliphatic rings. The second-order valence-electron chi connectivity index (χ2n) is 7.67. The predicted molar refractivity (Wildman–Crippen MR) is 91.5 cm³/mol. The Balaban J connectivity index is 1.57. The topological polar surface area (TPSA) is 107 Å². The number of piperidine rings is 2. The van der Waals surface area contributed by atoms with Gasteiger partial charge in [0.25, 0.3) is 0 Å². The molecule has 25 heavy (non-hydrogen) atoms. The second kappa shape index (κ2) is 7.11. The van der Waals surface area contributed by atoms with E-state index in [1.807, 2.05) is 6.92 Å². The Morgan fingerprint density at radius 2 is 1.84 bits per heavy atom. The molecule has 2 unspecified atom stereocenters. The fourth-order valence-electron chi connectivity index (χ4n) is 3.83. The number of carbonyl (C=O) groups is 2. The lowest BCUT2D eigenvalue weighted by molar-refractivity contribution is -0.143. The van der Waals surface area contributed by atoms with Crippen molar-refractivity contribution < 1.29 is 23.1 Å². The van der Waals surface area contributed by atoms with Gasteiger partial charge in [0.2, 0.25) is 10.0 Å². The Labute approximate surface area is 148 Å². The molecule has 3 rings (SSSR count). The van der Waals surface area contributed by atoms with Crippen LogP contribution in [0.2, 0.25) is 0 Å². The zero-order valence-electron chi connectivity index (χ0n) is 14.6. The highest BCUT2D eigenvalue weighted by Gasteiger charge is 2.42. The fourth-order valence-corrected chi connectivity index (χ4v) is 5.76. The molecule has 2 amide bonds. The highest BCUT2D eigenvalue weighted by Crippen LogP contribution is 2.32. The summed E-state index contributed by atoms with van der Waals surface area (Å²) in [6.07, 6.45) is 3.52. The number of carboxylic acid groups (broad SMARTS) is 1. The van der Waals surface area contributed by atoms with Crippen LogP contribution in [0.15, 0.2) is 0 Å². The summed E-state index contributed by atoms with van der Waals surface area (Å²) in [6, 6.07) is -0.497. The Bertz CT molecular complexity index is 634. The first-order valence-electron chi connectivity index (χ1n) is 9.04. The van der Waals surface area contributed by atoms with E-state index in [9.17, 15) is 23.1 Å². The third-order valence-electron chi connectivity index (χ3n) is 5.31. The van der Waals surface area contributed by atoms with E-state index in [1.54, 1.807) is 4.90 Å². The first-order valence-corrected chi connectivity index (χ1v) is 10.5. The number of hydrogen-bond donors (Lipinski definition) is 2. The van der Waals surface area contributed by atoms with Gasteiger partial charge in [-0.2, -0.15) is 4.31 Å². The highest BCUT2D eigenvalue weighted by molar-refractivity contribution is 7.90. The number of amides is 2. The maximum Gasteiger partial charge on any atom is 0.317 e. The molecule has 0 aromatic heterocycles. The molecular weight excluding hydrogens is 346 g/mol. The third-order valence-corrected chi connectivity index (χ3v) is 7.68. The van der Waals surface area contributed by atoms with Gasteiger partial charge in [0.1, 0.15) is 0 Å². The number of likely N-dealkylation sites (tertiary alicyclic amines) is 1. The van der Waals surface area contributed by atoms with Crippen molar-refractivity contribution in [3.63, 3.8) is 0 Å². The van der Waals surface area contributed by atoms with Crippen LogP contribution in [0.1, 0.15) is 39.0 Å². The van der Waals surface area contributed by atoms with Crippen LogP contribution >= 0.6 is 0 Å². The van der Waals surface area contributed by atoms with Gasteiger partial charge in [-0.25, -0.2) is 13.2 Å². The molecule has 0 bridgehead atoms. The van der Waals surface area contributed by atoms with Crippen LogP contribution in [0.3, 0.4) is 0 Å². The molecule has 2 heterocycles. The standard InChI is InChI=1S/C16H27N3O5S/c1-11-7-12(15(20)21)9-18(8-11)16(22)17-13-3-2-6-19(10-13)25(23,24)14-4-5-14/h11-14H,2-10H2,1H3,(H,17,22)(H,20,21)/t11?,12?,13-/m1/s1. The first-order chi connectivity index (χ1) is 11.8. The lowest BCUT2D eigenvalue weighted by atomic mass is 9.91. The van der Waals surface area contributed by atoms with Crippen LogP contribution in [0.25, 0.3) is 0 Å². The molecule has 3 fully saturated rings. The van der Waals surface area contributed by atoms with Gasteiger partial charge in [0, 0.05) is 32.2 Å². The number of rotatable bonds is 4. The van der Waals surface area contributed by atoms with Crippen LogP contribution in [0.5, 0.6) is 0 Å². The summed E-state index contributed by atoms with van der Waals surface area (Å²) < 4.78 is 26.3. The van der Waals surface area contributed by atoms with Crippen molar-refractivity contribution in [2.45, 2.75) is 50.3 Å². The molecule has 0 aromatic rings. The summed E-state index contributed by atoms with van der Waals surface area (Å²) >= 11 is 0. The Morgan fingerprint density at radius 3 is 2.48 bits per heavy atom. The number of carbonyl (C=O) groups excluding carboxylic acids is 1. The number of nitrogens with zero attached hydrogens (tertiary/aromatic N) is 2. The number of nitrogens with one attached hydrogen (secondary N) is 1. The average molecular weight is 373 g/mol. The van der Waals surface area contributed by atoms with Gasteiger partial charge in [-0.05, 0) is 38.0 Å². The van der Waals surface area contributed by atoms with Gasteiger partial charge >= 0.3 is 12.0 Å². The van der Waals surface area contributed by atoms with Crippen molar-refractivity contribution in [1.82, 2.24) is 14.5 Å². The smallest absolute Gasteiger partial charge is 0.317 e. The number of sulfonamides is 1. The summed E-state index contributed by atoms with van der Waals surface area (Å²) in [5.41, 5.74) is 0. The number of aliphatic carboxylic acids is 1. The molecule has 0 aromatic carbocycles. The minimum Gasteiger partial charge on any atom is -0.481 e. The minimum atomic E-state index is -3.22. The molecule has 1 aliphatic carbocycles. The van der Waals surface area contributed by atoms with E-state index in [0.29, 0.717) is 26.1 Å². The van der Waals surface area contributed by atoms with Crippen molar-refractivity contribution in [3.05, 3.63) is 0 Å². The second-order valence-corrected chi connectivity index (χ2v) is 9.88. The van der Waals surface area contributed by atoms with E-state index in [-0.39, 0.29) is 29.8 Å². The van der Waals surface area contributed by atoms with Crippen molar-refractivity contribution >= 4 is 22.0 Å². The Morgan fingerprint density at radius 1 is 1.12 bits per heavy atom. The van der Waals surface area contributed by atoms with Gasteiger partial charge in [-0.1, -0.05) is 6.92 Å². The molecule has 142 valence electrons. The number of carboxylic acids is 1. The van der Waals surface area contributed by atoms with Crippen LogP contribution < -0.4 is 5.32 Å². The van der Waals surface area contributed by atoms with Crippen molar-refractivity contribution in [1.29, 1.82) is 0 Å². The van der Waals surface area contributed by atoms with E-state index in [1.165, 1.54) is 4.31 Å². The van der Waals surface area contributed by atoms with Crippen LogP contribution in [-0.2, 0) is 14.8 Å². The zero-order valence-corrected chi connectivity index (χ0v) is 15.4. The molecule has 3 atom stereocenters. The van der Waals surface area contributed by atoms with Gasteiger partial charge in [0.15, 0.2) is 0 Å². The average Bonchev–Trinajstić information content (AvgIpc) is 3.40. The van der Waals surface area contributed by atoms with Crippen molar-refractivity contribution in [3.8, 4) is 0 Å². The third kappa shape index (κ3) is 4.25. The summed E-state index contributed by atoms with van der Waals surface area (Å²) in [6.45, 7) is 3.53. The molecular formula is C16H27N3O5S. The number of urea groups is 1. The molecule has 2 N–H and O–H groups in total. The molecule has 2 aliphatic heterocycles. The maximum absolute atomic E-state index is 12.5. The van der Waals surface area contributed by atoms with Crippen molar-refractivity contribution in [2.24, 2.45) is 11.8 Å². The van der Waals surface area contributed by atoms with Gasteiger partial charge in [-0.15, -0.1) is 0 Å². The lowest BCUT2D eigenvalue weighted by Crippen LogP contribution is -2.55. The highest BCUT2D eigenvalue weighted by atomic mass is 32.2. The number of hydrogen-bond acceptors (Lipinski definition) is 4. The van der Waals surface area contributed by atoms with Gasteiger partial charge < -0.3 is 15.3 Å². The lowest BCUT2D eigenvalue weighted by Gasteiger charge is -2.37. The predicted octanol–water partition coefficient (Wildman–Crippen LogP) is 0.695. The Hall–Kier alpha value is -1.35. The zero-order chi connectivity index (χ0) is 18.2. The molecule has 0 spiro atoms. The fraction of sp³-hybridized carbons (Fsp3) is 0.875. The van der Waals surface area contributed by atoms with Gasteiger partial charge in [0.05, 0.1) is 11.2 Å². The van der Waals surface area contributed by atoms with E-state index < -0.39 is 21.9 Å². The largest absolute Gasteiger partial charge is 0.481 e. The molecule has 8 nitrogen and oxygen atoms in total. The van der Waals surface area contributed by atoms with Crippen molar-refractivity contribution in [2.75, 3.05) is 26.2 Å². The summed E-state index contributed by atoms with van der Waals surface area (Å²) in [5, 5.41) is 11.9. The quantitative estimate of drug-likeness (QED) is 0.754. The summed E-state index contributed by atoms with van der Waals surface area (Å²) in [4.78, 5) is 25.3. The molecule has 2 saturated heterocycles. The van der Waals surface area contributed by atoms with Crippen LogP contribution in [-0.4, -0.2) is 72.2 Å². The SMILES string of the molecule is CC1CC(C(=O)O)CN(C(=O)N[C@@H]2CCCN(S(=O)(=O)C3CC3)C2)C1. The molecule has 0 radical (unpaired) electrons. The van der Waals surface area contributed by atoms with E-state index in [2.05, 4.69) is 5.32 Å². The van der Waals surface area contributed by atoms with Crippen LogP contribution in [0, 0.1) is 11.8 Å². The molecule has 1 saturated carbocycles.